The first-order valence-corrected chi connectivity index (χ1v) is 7.28. The number of carbonyl (C=O) groups is 1. The number of hydrogen-bond acceptors (Lipinski definition) is 4. The first-order chi connectivity index (χ1) is 10.2. The van der Waals surface area contributed by atoms with Crippen LogP contribution in [0.25, 0.3) is 0 Å². The molecule has 5 nitrogen and oxygen atoms in total. The van der Waals surface area contributed by atoms with Gasteiger partial charge in [-0.3, -0.25) is 4.79 Å². The van der Waals surface area contributed by atoms with Gasteiger partial charge in [0.25, 0.3) is 5.91 Å². The maximum Gasteiger partial charge on any atom is 0.257 e. The van der Waals surface area contributed by atoms with E-state index in [1.165, 1.54) is 18.4 Å². The van der Waals surface area contributed by atoms with E-state index in [-0.39, 0.29) is 12.5 Å². The Labute approximate surface area is 125 Å². The molecule has 0 aromatic heterocycles. The van der Waals surface area contributed by atoms with Gasteiger partial charge in [0.05, 0.1) is 12.5 Å². The fraction of sp³-hybridized carbons (Fsp3) is 0.500. The minimum absolute atomic E-state index is 0.0229. The lowest BCUT2D eigenvalue weighted by atomic mass is 10.1. The van der Waals surface area contributed by atoms with E-state index in [1.54, 1.807) is 0 Å². The van der Waals surface area contributed by atoms with Crippen molar-refractivity contribution in [1.82, 2.24) is 10.6 Å². The molecule has 21 heavy (non-hydrogen) atoms. The fourth-order valence-corrected chi connectivity index (χ4v) is 1.98. The zero-order chi connectivity index (χ0) is 15.1. The number of amides is 1. The highest BCUT2D eigenvalue weighted by Crippen LogP contribution is 2.23. The van der Waals surface area contributed by atoms with Gasteiger partial charge in [-0.15, -0.1) is 0 Å². The van der Waals surface area contributed by atoms with Crippen LogP contribution in [0.4, 0.5) is 0 Å². The van der Waals surface area contributed by atoms with E-state index < -0.39 is 0 Å². The molecule has 0 radical (unpaired) electrons. The van der Waals surface area contributed by atoms with E-state index in [1.807, 2.05) is 25.1 Å². The number of benzene rings is 1. The maximum atomic E-state index is 11.6. The van der Waals surface area contributed by atoms with Gasteiger partial charge in [-0.1, -0.05) is 17.7 Å². The van der Waals surface area contributed by atoms with Crippen molar-refractivity contribution in [1.29, 1.82) is 5.26 Å². The smallest absolute Gasteiger partial charge is 0.257 e. The molecular formula is C16H21N3O2. The summed E-state index contributed by atoms with van der Waals surface area (Å²) in [5.41, 5.74) is 2.25. The minimum Gasteiger partial charge on any atom is -0.483 e. The molecule has 0 spiro atoms. The molecule has 0 aliphatic heterocycles. The summed E-state index contributed by atoms with van der Waals surface area (Å²) in [5, 5.41) is 14.5. The van der Waals surface area contributed by atoms with Crippen LogP contribution < -0.4 is 15.4 Å². The zero-order valence-corrected chi connectivity index (χ0v) is 12.3. The normalized spacial score (nSPS) is 13.5. The fourth-order valence-electron chi connectivity index (χ4n) is 1.98. The lowest BCUT2D eigenvalue weighted by Crippen LogP contribution is -2.29. The highest BCUT2D eigenvalue weighted by molar-refractivity contribution is 5.77. The largest absolute Gasteiger partial charge is 0.483 e. The molecule has 5 heteroatoms. The standard InChI is InChI=1S/C16H21N3O2/c1-12-3-6-15(13(9-12)10-19-14-4-5-14)21-11-16(20)18-8-2-7-17/h3,6,9,14,19H,2,4-5,8,10-11H2,1H3,(H,18,20). The lowest BCUT2D eigenvalue weighted by Gasteiger charge is -2.13. The third kappa shape index (κ3) is 5.44. The Hall–Kier alpha value is -2.06. The van der Waals surface area contributed by atoms with Crippen molar-refractivity contribution in [3.63, 3.8) is 0 Å². The van der Waals surface area contributed by atoms with Crippen molar-refractivity contribution in [2.45, 2.75) is 38.8 Å². The highest BCUT2D eigenvalue weighted by Gasteiger charge is 2.20. The highest BCUT2D eigenvalue weighted by atomic mass is 16.5. The summed E-state index contributed by atoms with van der Waals surface area (Å²) in [7, 11) is 0. The van der Waals surface area contributed by atoms with E-state index in [0.717, 1.165) is 17.9 Å². The Bertz CT molecular complexity index is 533. The van der Waals surface area contributed by atoms with Crippen LogP contribution in [0.3, 0.4) is 0 Å². The second kappa shape index (κ2) is 7.65. The molecule has 1 aromatic carbocycles. The summed E-state index contributed by atoms with van der Waals surface area (Å²) in [6.45, 7) is 3.14. The van der Waals surface area contributed by atoms with Crippen molar-refractivity contribution in [2.24, 2.45) is 0 Å². The van der Waals surface area contributed by atoms with E-state index in [2.05, 4.69) is 16.7 Å². The second-order valence-electron chi connectivity index (χ2n) is 5.31. The molecular weight excluding hydrogens is 266 g/mol. The van der Waals surface area contributed by atoms with Crippen LogP contribution in [-0.4, -0.2) is 25.1 Å². The maximum absolute atomic E-state index is 11.6. The van der Waals surface area contributed by atoms with Gasteiger partial charge in [0.15, 0.2) is 6.61 Å². The topological polar surface area (TPSA) is 74.1 Å². The number of nitrogens with one attached hydrogen (secondary N) is 2. The lowest BCUT2D eigenvalue weighted by molar-refractivity contribution is -0.123. The Balaban J connectivity index is 1.85. The Kier molecular flexibility index (Phi) is 5.59. The Morgan fingerprint density at radius 1 is 1.48 bits per heavy atom. The molecule has 0 unspecified atom stereocenters. The van der Waals surface area contributed by atoms with Gasteiger partial charge in [0.1, 0.15) is 5.75 Å². The number of hydrogen-bond donors (Lipinski definition) is 2. The van der Waals surface area contributed by atoms with E-state index in [9.17, 15) is 4.79 Å². The molecule has 1 amide bonds. The van der Waals surface area contributed by atoms with E-state index in [0.29, 0.717) is 19.0 Å². The molecule has 0 saturated heterocycles. The summed E-state index contributed by atoms with van der Waals surface area (Å²) < 4.78 is 5.60. The average molecular weight is 287 g/mol. The van der Waals surface area contributed by atoms with Gasteiger partial charge in [-0.25, -0.2) is 0 Å². The van der Waals surface area contributed by atoms with E-state index in [4.69, 9.17) is 10.00 Å². The molecule has 0 atom stereocenters. The van der Waals surface area contributed by atoms with Crippen LogP contribution in [0.2, 0.25) is 0 Å². The molecule has 1 aliphatic carbocycles. The quantitative estimate of drug-likeness (QED) is 0.713. The first-order valence-electron chi connectivity index (χ1n) is 7.28. The van der Waals surface area contributed by atoms with Crippen molar-refractivity contribution in [2.75, 3.05) is 13.2 Å². The summed E-state index contributed by atoms with van der Waals surface area (Å²) >= 11 is 0. The van der Waals surface area contributed by atoms with Gasteiger partial charge in [-0.05, 0) is 25.8 Å². The van der Waals surface area contributed by atoms with Crippen LogP contribution in [0.15, 0.2) is 18.2 Å². The van der Waals surface area contributed by atoms with Crippen LogP contribution in [0, 0.1) is 18.3 Å². The number of rotatable bonds is 8. The molecule has 2 N–H and O–H groups in total. The Morgan fingerprint density at radius 2 is 2.29 bits per heavy atom. The molecule has 1 fully saturated rings. The summed E-state index contributed by atoms with van der Waals surface area (Å²) in [5.74, 6) is 0.538. The van der Waals surface area contributed by atoms with E-state index >= 15 is 0 Å². The molecule has 1 aliphatic rings. The third-order valence-corrected chi connectivity index (χ3v) is 3.29. The SMILES string of the molecule is Cc1ccc(OCC(=O)NCCC#N)c(CNC2CC2)c1. The molecule has 112 valence electrons. The number of ether oxygens (including phenoxy) is 1. The molecule has 1 saturated carbocycles. The van der Waals surface area contributed by atoms with Gasteiger partial charge in [-0.2, -0.15) is 5.26 Å². The van der Waals surface area contributed by atoms with Crippen molar-refractivity contribution < 1.29 is 9.53 Å². The monoisotopic (exact) mass is 287 g/mol. The molecule has 1 aromatic rings. The minimum atomic E-state index is -0.202. The predicted octanol–water partition coefficient (Wildman–Crippen LogP) is 1.66. The van der Waals surface area contributed by atoms with Crippen LogP contribution in [-0.2, 0) is 11.3 Å². The van der Waals surface area contributed by atoms with Crippen molar-refractivity contribution >= 4 is 5.91 Å². The van der Waals surface area contributed by atoms with Gasteiger partial charge >= 0.3 is 0 Å². The first kappa shape index (κ1) is 15.3. The predicted molar refractivity (Wildman–Crippen MR) is 79.8 cm³/mol. The van der Waals surface area contributed by atoms with Crippen molar-refractivity contribution in [3.8, 4) is 11.8 Å². The van der Waals surface area contributed by atoms with Gasteiger partial charge in [0, 0.05) is 24.7 Å². The molecule has 0 bridgehead atoms. The average Bonchev–Trinajstić information content (AvgIpc) is 3.28. The van der Waals surface area contributed by atoms with Crippen LogP contribution in [0.5, 0.6) is 5.75 Å². The van der Waals surface area contributed by atoms with Crippen LogP contribution >= 0.6 is 0 Å². The molecule has 2 rings (SSSR count). The summed E-state index contributed by atoms with van der Waals surface area (Å²) in [4.78, 5) is 11.6. The third-order valence-electron chi connectivity index (χ3n) is 3.29. The summed E-state index contributed by atoms with van der Waals surface area (Å²) in [6, 6.07) is 8.58. The number of aryl methyl sites for hydroxylation is 1. The number of carbonyl (C=O) groups excluding carboxylic acids is 1. The molecule has 0 heterocycles. The number of nitriles is 1. The summed E-state index contributed by atoms with van der Waals surface area (Å²) in [6.07, 6.45) is 2.79. The van der Waals surface area contributed by atoms with Crippen molar-refractivity contribution in [3.05, 3.63) is 29.3 Å². The second-order valence-corrected chi connectivity index (χ2v) is 5.31. The van der Waals surface area contributed by atoms with Crippen LogP contribution in [0.1, 0.15) is 30.4 Å². The van der Waals surface area contributed by atoms with Gasteiger partial charge < -0.3 is 15.4 Å². The Morgan fingerprint density at radius 3 is 3.00 bits per heavy atom. The zero-order valence-electron chi connectivity index (χ0n) is 12.3. The number of nitrogens with zero attached hydrogens (tertiary/aromatic N) is 1. The van der Waals surface area contributed by atoms with Gasteiger partial charge in [0.2, 0.25) is 0 Å².